The molecule has 3 rings (SSSR count). The van der Waals surface area contributed by atoms with Crippen molar-refractivity contribution < 1.29 is 4.42 Å². The van der Waals surface area contributed by atoms with E-state index in [1.807, 2.05) is 36.6 Å². The zero-order valence-electron chi connectivity index (χ0n) is 9.39. The molecule has 0 aliphatic heterocycles. The van der Waals surface area contributed by atoms with Crippen LogP contribution in [-0.4, -0.2) is 0 Å². The molecule has 84 valence electrons. The predicted molar refractivity (Wildman–Crippen MR) is 69.9 cm³/mol. The van der Waals surface area contributed by atoms with Crippen molar-refractivity contribution in [3.63, 3.8) is 0 Å². The second kappa shape index (κ2) is 3.98. The number of nitrogens with two attached hydrogens (primary N) is 1. The summed E-state index contributed by atoms with van der Waals surface area (Å²) in [6, 6.07) is 16.1. The molecule has 0 spiro atoms. The van der Waals surface area contributed by atoms with E-state index in [0.29, 0.717) is 0 Å². The molecule has 0 aliphatic rings. The summed E-state index contributed by atoms with van der Waals surface area (Å²) >= 11 is 0. The number of anilines is 1. The molecule has 0 saturated carbocycles. The molecule has 2 heteroatoms. The number of benzene rings is 2. The number of hydrogen-bond donors (Lipinski definition) is 1. The molecule has 2 aromatic carbocycles. The fraction of sp³-hybridized carbons (Fsp3) is 0.0667. The van der Waals surface area contributed by atoms with Gasteiger partial charge in [-0.3, -0.25) is 0 Å². The third-order valence-electron chi connectivity index (χ3n) is 2.94. The van der Waals surface area contributed by atoms with Gasteiger partial charge in [0.25, 0.3) is 0 Å². The van der Waals surface area contributed by atoms with E-state index in [9.17, 15) is 0 Å². The average Bonchev–Trinajstić information content (AvgIpc) is 2.76. The lowest BCUT2D eigenvalue weighted by Gasteiger charge is -2.00. The minimum atomic E-state index is 0.797. The van der Waals surface area contributed by atoms with E-state index >= 15 is 0 Å². The molecule has 0 saturated heterocycles. The molecular formula is C15H13NO. The van der Waals surface area contributed by atoms with Gasteiger partial charge in [0.1, 0.15) is 5.58 Å². The van der Waals surface area contributed by atoms with Gasteiger partial charge >= 0.3 is 0 Å². The number of hydrogen-bond acceptors (Lipinski definition) is 2. The molecule has 0 unspecified atom stereocenters. The van der Waals surface area contributed by atoms with Gasteiger partial charge in [0.2, 0.25) is 0 Å². The van der Waals surface area contributed by atoms with Crippen LogP contribution in [0.25, 0.3) is 11.0 Å². The van der Waals surface area contributed by atoms with E-state index in [4.69, 9.17) is 10.2 Å². The van der Waals surface area contributed by atoms with Crippen molar-refractivity contribution in [2.24, 2.45) is 0 Å². The summed E-state index contributed by atoms with van der Waals surface area (Å²) in [6.45, 7) is 0. The standard InChI is InChI=1S/C15H13NO/c16-13-7-5-11(6-8-13)9-12-10-17-15-4-2-1-3-14(12)15/h1-8,10H,9,16H2. The first-order chi connectivity index (χ1) is 8.33. The highest BCUT2D eigenvalue weighted by atomic mass is 16.3. The number of fused-ring (bicyclic) bond motifs is 1. The van der Waals surface area contributed by atoms with E-state index in [-0.39, 0.29) is 0 Å². The Morgan fingerprint density at radius 2 is 1.71 bits per heavy atom. The summed E-state index contributed by atoms with van der Waals surface area (Å²) in [5, 5.41) is 1.18. The van der Waals surface area contributed by atoms with Gasteiger partial charge < -0.3 is 10.2 Å². The lowest BCUT2D eigenvalue weighted by Crippen LogP contribution is -1.88. The lowest BCUT2D eigenvalue weighted by atomic mass is 10.0. The largest absolute Gasteiger partial charge is 0.464 e. The summed E-state index contributed by atoms with van der Waals surface area (Å²) in [6.07, 6.45) is 2.71. The predicted octanol–water partition coefficient (Wildman–Crippen LogP) is 3.61. The van der Waals surface area contributed by atoms with E-state index in [0.717, 1.165) is 17.7 Å². The van der Waals surface area contributed by atoms with Gasteiger partial charge in [-0.25, -0.2) is 0 Å². The minimum Gasteiger partial charge on any atom is -0.464 e. The van der Waals surface area contributed by atoms with Gasteiger partial charge in [-0.05, 0) is 23.8 Å². The van der Waals surface area contributed by atoms with Gasteiger partial charge in [0.05, 0.1) is 6.26 Å². The monoisotopic (exact) mass is 223 g/mol. The number of furan rings is 1. The van der Waals surface area contributed by atoms with Crippen molar-refractivity contribution >= 4 is 16.7 Å². The Morgan fingerprint density at radius 1 is 0.941 bits per heavy atom. The number of rotatable bonds is 2. The van der Waals surface area contributed by atoms with Crippen LogP contribution in [0.1, 0.15) is 11.1 Å². The second-order valence-electron chi connectivity index (χ2n) is 4.18. The third kappa shape index (κ3) is 1.89. The molecular weight excluding hydrogens is 210 g/mol. The van der Waals surface area contributed by atoms with Crippen LogP contribution in [0.5, 0.6) is 0 Å². The maximum Gasteiger partial charge on any atom is 0.134 e. The summed E-state index contributed by atoms with van der Waals surface area (Å²) < 4.78 is 5.52. The van der Waals surface area contributed by atoms with Gasteiger partial charge in [0.15, 0.2) is 0 Å². The van der Waals surface area contributed by atoms with Crippen LogP contribution in [0.4, 0.5) is 5.69 Å². The third-order valence-corrected chi connectivity index (χ3v) is 2.94. The maximum atomic E-state index is 5.67. The molecule has 0 atom stereocenters. The molecule has 2 nitrogen and oxygen atoms in total. The first kappa shape index (κ1) is 9.97. The molecule has 0 bridgehead atoms. The summed E-state index contributed by atoms with van der Waals surface area (Å²) in [5.74, 6) is 0. The van der Waals surface area contributed by atoms with Gasteiger partial charge in [-0.15, -0.1) is 0 Å². The Bertz CT molecular complexity index is 637. The minimum absolute atomic E-state index is 0.797. The lowest BCUT2D eigenvalue weighted by molar-refractivity contribution is 0.611. The van der Waals surface area contributed by atoms with Crippen molar-refractivity contribution in [1.82, 2.24) is 0 Å². The summed E-state index contributed by atoms with van der Waals surface area (Å²) in [4.78, 5) is 0. The molecule has 0 fully saturated rings. The zero-order valence-corrected chi connectivity index (χ0v) is 9.39. The topological polar surface area (TPSA) is 39.2 Å². The molecule has 1 heterocycles. The molecule has 0 amide bonds. The highest BCUT2D eigenvalue weighted by molar-refractivity contribution is 5.81. The average molecular weight is 223 g/mol. The molecule has 0 radical (unpaired) electrons. The first-order valence-corrected chi connectivity index (χ1v) is 5.62. The highest BCUT2D eigenvalue weighted by Crippen LogP contribution is 2.23. The Labute approximate surface area is 99.7 Å². The van der Waals surface area contributed by atoms with Crippen LogP contribution in [0.2, 0.25) is 0 Å². The smallest absolute Gasteiger partial charge is 0.134 e. The van der Waals surface area contributed by atoms with Crippen LogP contribution < -0.4 is 5.73 Å². The van der Waals surface area contributed by atoms with E-state index in [1.54, 1.807) is 0 Å². The molecule has 3 aromatic rings. The maximum absolute atomic E-state index is 5.67. The zero-order chi connectivity index (χ0) is 11.7. The molecule has 17 heavy (non-hydrogen) atoms. The van der Waals surface area contributed by atoms with E-state index < -0.39 is 0 Å². The Morgan fingerprint density at radius 3 is 2.53 bits per heavy atom. The van der Waals surface area contributed by atoms with Gasteiger partial charge in [-0.2, -0.15) is 0 Å². The van der Waals surface area contributed by atoms with Crippen LogP contribution in [0.15, 0.2) is 59.2 Å². The van der Waals surface area contributed by atoms with Crippen LogP contribution in [0, 0.1) is 0 Å². The quantitative estimate of drug-likeness (QED) is 0.674. The van der Waals surface area contributed by atoms with Crippen LogP contribution in [-0.2, 0) is 6.42 Å². The summed E-state index contributed by atoms with van der Waals surface area (Å²) in [7, 11) is 0. The van der Waals surface area contributed by atoms with E-state index in [1.165, 1.54) is 16.5 Å². The SMILES string of the molecule is Nc1ccc(Cc2coc3ccccc23)cc1. The van der Waals surface area contributed by atoms with Crippen molar-refractivity contribution in [3.05, 3.63) is 65.9 Å². The summed E-state index contributed by atoms with van der Waals surface area (Å²) in [5.41, 5.74) is 9.87. The Hall–Kier alpha value is -2.22. The van der Waals surface area contributed by atoms with Crippen LogP contribution in [0.3, 0.4) is 0 Å². The van der Waals surface area contributed by atoms with Crippen LogP contribution >= 0.6 is 0 Å². The highest BCUT2D eigenvalue weighted by Gasteiger charge is 2.05. The van der Waals surface area contributed by atoms with Crippen molar-refractivity contribution in [3.8, 4) is 0 Å². The van der Waals surface area contributed by atoms with Gasteiger partial charge in [0, 0.05) is 23.1 Å². The molecule has 1 aromatic heterocycles. The number of para-hydroxylation sites is 1. The van der Waals surface area contributed by atoms with Crippen molar-refractivity contribution in [1.29, 1.82) is 0 Å². The first-order valence-electron chi connectivity index (χ1n) is 5.62. The van der Waals surface area contributed by atoms with Crippen molar-refractivity contribution in [2.45, 2.75) is 6.42 Å². The Kier molecular flexibility index (Phi) is 2.33. The Balaban J connectivity index is 1.97. The van der Waals surface area contributed by atoms with E-state index in [2.05, 4.69) is 18.2 Å². The van der Waals surface area contributed by atoms with Crippen molar-refractivity contribution in [2.75, 3.05) is 5.73 Å². The fourth-order valence-corrected chi connectivity index (χ4v) is 2.03. The number of nitrogen functional groups attached to an aromatic ring is 1. The normalized spacial score (nSPS) is 10.8. The second-order valence-corrected chi connectivity index (χ2v) is 4.18. The molecule has 0 aliphatic carbocycles. The fourth-order valence-electron chi connectivity index (χ4n) is 2.03. The van der Waals surface area contributed by atoms with Gasteiger partial charge in [-0.1, -0.05) is 30.3 Å². The molecule has 2 N–H and O–H groups in total.